The molecular formula is C27H48. The van der Waals surface area contributed by atoms with Crippen LogP contribution in [0.5, 0.6) is 0 Å². The van der Waals surface area contributed by atoms with Crippen LogP contribution in [0.1, 0.15) is 135 Å². The average Bonchev–Trinajstić information content (AvgIpc) is 3.27. The predicted molar refractivity (Wildman–Crippen MR) is 118 cm³/mol. The van der Waals surface area contributed by atoms with E-state index in [4.69, 9.17) is 0 Å². The average molecular weight is 373 g/mol. The van der Waals surface area contributed by atoms with Crippen LogP contribution in [0.2, 0.25) is 0 Å². The zero-order valence-corrected chi connectivity index (χ0v) is 18.5. The highest BCUT2D eigenvalue weighted by molar-refractivity contribution is 4.92. The molecule has 4 rings (SSSR count). The summed E-state index contributed by atoms with van der Waals surface area (Å²) in [6.45, 7) is 2.56. The van der Waals surface area contributed by atoms with E-state index in [2.05, 4.69) is 6.92 Å². The van der Waals surface area contributed by atoms with Crippen LogP contribution in [-0.2, 0) is 0 Å². The summed E-state index contributed by atoms with van der Waals surface area (Å²) in [5, 5.41) is 0. The van der Waals surface area contributed by atoms with Crippen molar-refractivity contribution in [3.8, 4) is 0 Å². The molecule has 0 aromatic carbocycles. The second kappa shape index (κ2) is 9.67. The van der Waals surface area contributed by atoms with E-state index in [1.54, 1.807) is 89.9 Å². The maximum atomic E-state index is 2.56. The summed E-state index contributed by atoms with van der Waals surface area (Å²) in [6, 6.07) is 0. The molecule has 156 valence electrons. The lowest BCUT2D eigenvalue weighted by molar-refractivity contribution is 0.0912. The third-order valence-corrected chi connectivity index (χ3v) is 9.92. The van der Waals surface area contributed by atoms with Crippen molar-refractivity contribution >= 4 is 0 Å². The minimum atomic E-state index is 0.728. The van der Waals surface area contributed by atoms with Gasteiger partial charge in [-0.25, -0.2) is 0 Å². The van der Waals surface area contributed by atoms with Gasteiger partial charge < -0.3 is 0 Å². The largest absolute Gasteiger partial charge is 0.0648 e. The summed E-state index contributed by atoms with van der Waals surface area (Å²) in [6.07, 6.45) is 31.1. The third-order valence-electron chi connectivity index (χ3n) is 9.92. The molecule has 3 atom stereocenters. The molecule has 0 nitrogen and oxygen atoms in total. The minimum absolute atomic E-state index is 0.728. The Labute approximate surface area is 170 Å². The molecule has 4 aliphatic carbocycles. The van der Waals surface area contributed by atoms with Gasteiger partial charge in [0.15, 0.2) is 0 Å². The molecule has 0 amide bonds. The fourth-order valence-corrected chi connectivity index (χ4v) is 7.67. The quantitative estimate of drug-likeness (QED) is 0.317. The summed E-state index contributed by atoms with van der Waals surface area (Å²) in [4.78, 5) is 0. The zero-order chi connectivity index (χ0) is 18.5. The summed E-state index contributed by atoms with van der Waals surface area (Å²) >= 11 is 0. The number of rotatable bonds is 11. The van der Waals surface area contributed by atoms with Crippen molar-refractivity contribution in [1.82, 2.24) is 0 Å². The van der Waals surface area contributed by atoms with E-state index in [0.29, 0.717) is 0 Å². The Morgan fingerprint density at radius 3 is 2.00 bits per heavy atom. The van der Waals surface area contributed by atoms with Gasteiger partial charge in [-0.15, -0.1) is 0 Å². The molecule has 4 saturated carbocycles. The number of unbranched alkanes of at least 4 members (excludes halogenated alkanes) is 1. The van der Waals surface area contributed by atoms with Crippen LogP contribution in [0.4, 0.5) is 0 Å². The Morgan fingerprint density at radius 2 is 1.37 bits per heavy atom. The molecule has 0 spiro atoms. The fourth-order valence-electron chi connectivity index (χ4n) is 7.67. The van der Waals surface area contributed by atoms with Crippen LogP contribution in [0, 0.1) is 35.0 Å². The first kappa shape index (κ1) is 20.3. The zero-order valence-electron chi connectivity index (χ0n) is 18.5. The lowest BCUT2D eigenvalue weighted by Crippen LogP contribution is -2.31. The highest BCUT2D eigenvalue weighted by Crippen LogP contribution is 2.53. The Morgan fingerprint density at radius 1 is 0.667 bits per heavy atom. The minimum Gasteiger partial charge on any atom is -0.0648 e. The van der Waals surface area contributed by atoms with E-state index >= 15 is 0 Å². The van der Waals surface area contributed by atoms with Crippen LogP contribution in [0.15, 0.2) is 0 Å². The van der Waals surface area contributed by atoms with Gasteiger partial charge in [-0.3, -0.25) is 0 Å². The van der Waals surface area contributed by atoms with Gasteiger partial charge in [-0.05, 0) is 73.5 Å². The van der Waals surface area contributed by atoms with Crippen LogP contribution in [0.3, 0.4) is 0 Å². The maximum Gasteiger partial charge on any atom is -0.0269 e. The van der Waals surface area contributed by atoms with E-state index in [-0.39, 0.29) is 0 Å². The summed E-state index contributed by atoms with van der Waals surface area (Å²) < 4.78 is 0. The summed E-state index contributed by atoms with van der Waals surface area (Å²) in [5.74, 6) is 5.52. The number of hydrogen-bond acceptors (Lipinski definition) is 0. The molecule has 0 N–H and O–H groups in total. The van der Waals surface area contributed by atoms with Crippen LogP contribution in [0.25, 0.3) is 0 Å². The molecular weight excluding hydrogens is 324 g/mol. The lowest BCUT2D eigenvalue weighted by Gasteiger charge is -2.41. The van der Waals surface area contributed by atoms with Crippen LogP contribution < -0.4 is 0 Å². The standard InChI is InChI=1S/C27H48/c1-2-27(26-14-3-4-15-26,18-6-5-9-22-10-7-11-22)21-25-17-16-24(20-25)19-23-12-8-13-23/h22-26H,2-21H2,1H3. The molecule has 0 saturated heterocycles. The first-order valence-electron chi connectivity index (χ1n) is 13.3. The first-order chi connectivity index (χ1) is 13.3. The second-order valence-electron chi connectivity index (χ2n) is 11.5. The van der Waals surface area contributed by atoms with Gasteiger partial charge >= 0.3 is 0 Å². The molecule has 0 bridgehead atoms. The lowest BCUT2D eigenvalue weighted by atomic mass is 9.64. The molecule has 0 heterocycles. The Bertz CT molecular complexity index is 425. The molecule has 4 aliphatic rings. The van der Waals surface area contributed by atoms with Gasteiger partial charge in [0, 0.05) is 0 Å². The van der Waals surface area contributed by atoms with Crippen LogP contribution >= 0.6 is 0 Å². The van der Waals surface area contributed by atoms with E-state index in [0.717, 1.165) is 35.0 Å². The van der Waals surface area contributed by atoms with Crippen molar-refractivity contribution in [2.45, 2.75) is 135 Å². The molecule has 4 fully saturated rings. The van der Waals surface area contributed by atoms with Crippen molar-refractivity contribution in [2.75, 3.05) is 0 Å². The van der Waals surface area contributed by atoms with E-state index in [1.165, 1.54) is 38.5 Å². The number of hydrogen-bond donors (Lipinski definition) is 0. The van der Waals surface area contributed by atoms with Gasteiger partial charge in [0.05, 0.1) is 0 Å². The Balaban J connectivity index is 1.29. The Kier molecular flexibility index (Phi) is 7.26. The molecule has 0 radical (unpaired) electrons. The van der Waals surface area contributed by atoms with E-state index < -0.39 is 0 Å². The highest BCUT2D eigenvalue weighted by atomic mass is 14.5. The third kappa shape index (κ3) is 5.14. The molecule has 3 unspecified atom stereocenters. The first-order valence-corrected chi connectivity index (χ1v) is 13.3. The fraction of sp³-hybridized carbons (Fsp3) is 1.00. The van der Waals surface area contributed by atoms with E-state index in [9.17, 15) is 0 Å². The SMILES string of the molecule is CCC(CCCCC1CCC1)(CC1CCC(CC2CCC2)C1)C1CCCC1. The normalized spacial score (nSPS) is 32.3. The van der Waals surface area contributed by atoms with Crippen molar-refractivity contribution in [3.63, 3.8) is 0 Å². The van der Waals surface area contributed by atoms with Gasteiger partial charge in [-0.2, -0.15) is 0 Å². The molecule has 0 aromatic heterocycles. The Hall–Kier alpha value is 0. The van der Waals surface area contributed by atoms with Gasteiger partial charge in [0.25, 0.3) is 0 Å². The van der Waals surface area contributed by atoms with Gasteiger partial charge in [0.2, 0.25) is 0 Å². The monoisotopic (exact) mass is 372 g/mol. The van der Waals surface area contributed by atoms with Crippen molar-refractivity contribution in [1.29, 1.82) is 0 Å². The van der Waals surface area contributed by atoms with Gasteiger partial charge in [0.1, 0.15) is 0 Å². The second-order valence-corrected chi connectivity index (χ2v) is 11.5. The highest BCUT2D eigenvalue weighted by Gasteiger charge is 2.41. The summed E-state index contributed by atoms with van der Waals surface area (Å²) in [5.41, 5.74) is 0.728. The maximum absolute atomic E-state index is 2.56. The van der Waals surface area contributed by atoms with Crippen LogP contribution in [-0.4, -0.2) is 0 Å². The van der Waals surface area contributed by atoms with Gasteiger partial charge in [-0.1, -0.05) is 96.8 Å². The topological polar surface area (TPSA) is 0 Å². The van der Waals surface area contributed by atoms with Crippen molar-refractivity contribution < 1.29 is 0 Å². The summed E-state index contributed by atoms with van der Waals surface area (Å²) in [7, 11) is 0. The molecule has 0 aromatic rings. The smallest absolute Gasteiger partial charge is 0.0269 e. The molecule has 27 heavy (non-hydrogen) atoms. The van der Waals surface area contributed by atoms with Crippen molar-refractivity contribution in [2.24, 2.45) is 35.0 Å². The van der Waals surface area contributed by atoms with Crippen molar-refractivity contribution in [3.05, 3.63) is 0 Å². The molecule has 0 aliphatic heterocycles. The predicted octanol–water partition coefficient (Wildman–Crippen LogP) is 8.93. The van der Waals surface area contributed by atoms with E-state index in [1.807, 2.05) is 0 Å². The molecule has 0 heteroatoms.